The molecule has 0 heterocycles. The highest BCUT2D eigenvalue weighted by atomic mass is 16.5. The first-order valence-corrected chi connectivity index (χ1v) is 8.50. The number of carbonyl (C=O) groups is 2. The van der Waals surface area contributed by atoms with Gasteiger partial charge in [0.2, 0.25) is 0 Å². The Labute approximate surface area is 158 Å². The highest BCUT2D eigenvalue weighted by Crippen LogP contribution is 2.10. The maximum Gasteiger partial charge on any atom is 0.341 e. The standard InChI is InChI=1S/C20H25N3O4/c1-19(21,17(24)26-13-15-9-5-3-6-10-15)23-20(2,22)18(25)27-14-16-11-7-4-8-12-16/h3-12,23H,13-14,21-22H2,1-2H3. The predicted molar refractivity (Wildman–Crippen MR) is 101 cm³/mol. The molecule has 0 aliphatic rings. The normalized spacial score (nSPS) is 15.3. The van der Waals surface area contributed by atoms with Gasteiger partial charge in [-0.25, -0.2) is 9.59 Å². The van der Waals surface area contributed by atoms with Crippen molar-refractivity contribution in [1.82, 2.24) is 5.32 Å². The van der Waals surface area contributed by atoms with Crippen LogP contribution in [0.2, 0.25) is 0 Å². The zero-order chi connectivity index (χ0) is 19.9. The van der Waals surface area contributed by atoms with Crippen LogP contribution >= 0.6 is 0 Å². The largest absolute Gasteiger partial charge is 0.458 e. The van der Waals surface area contributed by atoms with Gasteiger partial charge in [0.05, 0.1) is 0 Å². The summed E-state index contributed by atoms with van der Waals surface area (Å²) in [6, 6.07) is 18.4. The van der Waals surface area contributed by atoms with Crippen molar-refractivity contribution in [3.05, 3.63) is 71.8 Å². The van der Waals surface area contributed by atoms with Gasteiger partial charge >= 0.3 is 11.9 Å². The van der Waals surface area contributed by atoms with Crippen LogP contribution in [-0.2, 0) is 32.3 Å². The molecule has 27 heavy (non-hydrogen) atoms. The molecular weight excluding hydrogens is 346 g/mol. The Morgan fingerprint density at radius 1 is 0.778 bits per heavy atom. The summed E-state index contributed by atoms with van der Waals surface area (Å²) in [5.74, 6) is -1.47. The van der Waals surface area contributed by atoms with Gasteiger partial charge in [-0.2, -0.15) is 0 Å². The number of hydrogen-bond donors (Lipinski definition) is 3. The Bertz CT molecular complexity index is 696. The van der Waals surface area contributed by atoms with Crippen molar-refractivity contribution in [3.63, 3.8) is 0 Å². The maximum atomic E-state index is 12.3. The number of nitrogens with two attached hydrogens (primary N) is 2. The van der Waals surface area contributed by atoms with Crippen LogP contribution in [0.1, 0.15) is 25.0 Å². The van der Waals surface area contributed by atoms with Crippen LogP contribution in [0.15, 0.2) is 60.7 Å². The predicted octanol–water partition coefficient (Wildman–Crippen LogP) is 1.41. The Balaban J connectivity index is 1.90. The first-order chi connectivity index (χ1) is 12.7. The van der Waals surface area contributed by atoms with Crippen LogP contribution in [0, 0.1) is 0 Å². The average molecular weight is 371 g/mol. The molecule has 0 aliphatic heterocycles. The molecular formula is C20H25N3O4. The first-order valence-electron chi connectivity index (χ1n) is 8.50. The molecule has 0 fully saturated rings. The van der Waals surface area contributed by atoms with Crippen molar-refractivity contribution in [2.45, 2.75) is 38.4 Å². The van der Waals surface area contributed by atoms with Crippen molar-refractivity contribution in [2.24, 2.45) is 11.5 Å². The second-order valence-electron chi connectivity index (χ2n) is 6.65. The molecule has 2 aromatic carbocycles. The lowest BCUT2D eigenvalue weighted by Gasteiger charge is -2.33. The molecule has 2 unspecified atom stereocenters. The van der Waals surface area contributed by atoms with Gasteiger partial charge in [0, 0.05) is 0 Å². The lowest BCUT2D eigenvalue weighted by molar-refractivity contribution is -0.158. The summed E-state index contributed by atoms with van der Waals surface area (Å²) in [7, 11) is 0. The van der Waals surface area contributed by atoms with Gasteiger partial charge in [-0.05, 0) is 25.0 Å². The van der Waals surface area contributed by atoms with Crippen LogP contribution in [0.25, 0.3) is 0 Å². The minimum Gasteiger partial charge on any atom is -0.458 e. The highest BCUT2D eigenvalue weighted by Gasteiger charge is 2.41. The fourth-order valence-corrected chi connectivity index (χ4v) is 2.39. The molecule has 144 valence electrons. The molecule has 0 bridgehead atoms. The summed E-state index contributed by atoms with van der Waals surface area (Å²) >= 11 is 0. The van der Waals surface area contributed by atoms with E-state index in [2.05, 4.69) is 5.32 Å². The van der Waals surface area contributed by atoms with Crippen LogP contribution in [-0.4, -0.2) is 23.3 Å². The summed E-state index contributed by atoms with van der Waals surface area (Å²) in [5, 5.41) is 2.61. The zero-order valence-electron chi connectivity index (χ0n) is 15.5. The number of hydrogen-bond acceptors (Lipinski definition) is 7. The molecule has 0 saturated heterocycles. The van der Waals surface area contributed by atoms with E-state index in [1.807, 2.05) is 60.7 Å². The van der Waals surface area contributed by atoms with Crippen LogP contribution in [0.3, 0.4) is 0 Å². The van der Waals surface area contributed by atoms with Crippen molar-refractivity contribution in [1.29, 1.82) is 0 Å². The van der Waals surface area contributed by atoms with E-state index in [9.17, 15) is 9.59 Å². The zero-order valence-corrected chi connectivity index (χ0v) is 15.5. The molecule has 0 radical (unpaired) electrons. The fraction of sp³-hybridized carbons (Fsp3) is 0.300. The lowest BCUT2D eigenvalue weighted by Crippen LogP contribution is -2.71. The average Bonchev–Trinajstić information content (AvgIpc) is 2.65. The number of rotatable bonds is 8. The van der Waals surface area contributed by atoms with Gasteiger partial charge < -0.3 is 20.9 Å². The van der Waals surface area contributed by atoms with Gasteiger partial charge in [0.15, 0.2) is 11.3 Å². The van der Waals surface area contributed by atoms with Gasteiger partial charge in [-0.15, -0.1) is 0 Å². The van der Waals surface area contributed by atoms with E-state index in [-0.39, 0.29) is 13.2 Å². The van der Waals surface area contributed by atoms with Gasteiger partial charge in [0.1, 0.15) is 13.2 Å². The monoisotopic (exact) mass is 371 g/mol. The second-order valence-corrected chi connectivity index (χ2v) is 6.65. The third-order valence-electron chi connectivity index (χ3n) is 3.79. The minimum absolute atomic E-state index is 0.0634. The van der Waals surface area contributed by atoms with Crippen LogP contribution in [0.5, 0.6) is 0 Å². The molecule has 7 nitrogen and oxygen atoms in total. The Morgan fingerprint density at radius 3 is 1.44 bits per heavy atom. The number of ether oxygens (including phenoxy) is 2. The number of nitrogens with one attached hydrogen (secondary N) is 1. The summed E-state index contributed by atoms with van der Waals surface area (Å²) in [6.45, 7) is 2.90. The van der Waals surface area contributed by atoms with Gasteiger partial charge in [-0.3, -0.25) is 5.32 Å². The van der Waals surface area contributed by atoms with E-state index in [0.29, 0.717) is 0 Å². The third-order valence-corrected chi connectivity index (χ3v) is 3.79. The number of esters is 2. The van der Waals surface area contributed by atoms with Crippen molar-refractivity contribution in [2.75, 3.05) is 0 Å². The Kier molecular flexibility index (Phi) is 6.68. The van der Waals surface area contributed by atoms with Crippen LogP contribution < -0.4 is 16.8 Å². The molecule has 2 rings (SSSR count). The van der Waals surface area contributed by atoms with E-state index in [1.165, 1.54) is 13.8 Å². The molecule has 0 amide bonds. The second kappa shape index (κ2) is 8.77. The minimum atomic E-state index is -1.68. The summed E-state index contributed by atoms with van der Waals surface area (Å²) in [6.07, 6.45) is 0. The van der Waals surface area contributed by atoms with E-state index in [0.717, 1.165) is 11.1 Å². The van der Waals surface area contributed by atoms with Gasteiger partial charge in [0.25, 0.3) is 0 Å². The molecule has 0 aliphatic carbocycles. The first kappa shape index (κ1) is 20.6. The SMILES string of the molecule is CC(N)(NC(C)(N)C(=O)OCc1ccccc1)C(=O)OCc1ccccc1. The maximum absolute atomic E-state index is 12.3. The van der Waals surface area contributed by atoms with Crippen molar-refractivity contribution >= 4 is 11.9 Å². The Morgan fingerprint density at radius 2 is 1.11 bits per heavy atom. The molecule has 5 N–H and O–H groups in total. The molecule has 0 spiro atoms. The lowest BCUT2D eigenvalue weighted by atomic mass is 10.1. The smallest absolute Gasteiger partial charge is 0.341 e. The molecule has 0 saturated carbocycles. The fourth-order valence-electron chi connectivity index (χ4n) is 2.39. The third kappa shape index (κ3) is 6.18. The van der Waals surface area contributed by atoms with E-state index in [4.69, 9.17) is 20.9 Å². The topological polar surface area (TPSA) is 117 Å². The van der Waals surface area contributed by atoms with Crippen LogP contribution in [0.4, 0.5) is 0 Å². The van der Waals surface area contributed by atoms with E-state index >= 15 is 0 Å². The molecule has 2 aromatic rings. The number of benzene rings is 2. The van der Waals surface area contributed by atoms with Crippen molar-refractivity contribution < 1.29 is 19.1 Å². The van der Waals surface area contributed by atoms with E-state index < -0.39 is 23.3 Å². The number of carbonyl (C=O) groups excluding carboxylic acids is 2. The van der Waals surface area contributed by atoms with Crippen molar-refractivity contribution in [3.8, 4) is 0 Å². The quantitative estimate of drug-likeness (QED) is 0.474. The summed E-state index contributed by atoms with van der Waals surface area (Å²) in [4.78, 5) is 24.6. The van der Waals surface area contributed by atoms with Gasteiger partial charge in [-0.1, -0.05) is 60.7 Å². The highest BCUT2D eigenvalue weighted by molar-refractivity contribution is 5.83. The molecule has 0 aromatic heterocycles. The Hall–Kier alpha value is -2.74. The summed E-state index contributed by atoms with van der Waals surface area (Å²) < 4.78 is 10.4. The molecule has 2 atom stereocenters. The molecule has 7 heteroatoms. The van der Waals surface area contributed by atoms with E-state index in [1.54, 1.807) is 0 Å². The summed E-state index contributed by atoms with van der Waals surface area (Å²) in [5.41, 5.74) is 10.2.